The van der Waals surface area contributed by atoms with Crippen LogP contribution in [0.3, 0.4) is 0 Å². The first-order valence-electron chi connectivity index (χ1n) is 8.11. The van der Waals surface area contributed by atoms with Crippen LogP contribution in [0.4, 0.5) is 10.5 Å². The molecule has 1 aliphatic rings. The Morgan fingerprint density at radius 1 is 1.14 bits per heavy atom. The Balaban J connectivity index is 1.71. The van der Waals surface area contributed by atoms with E-state index < -0.39 is 0 Å². The number of likely N-dealkylation sites (N-methyl/N-ethyl adjacent to an activating group) is 1. The minimum atomic E-state index is 0.0701. The van der Waals surface area contributed by atoms with Gasteiger partial charge in [0, 0.05) is 52.5 Å². The second-order valence-electron chi connectivity index (χ2n) is 5.96. The standard InChI is InChI=1S/C17H28N4O/c1-4-20-11-13-21(14-12-20)17(22)18-10-9-15-5-7-16(8-6-15)19(2)3/h5-8H,4,9-14H2,1-3H3,(H,18,22). The van der Waals surface area contributed by atoms with Gasteiger partial charge in [0.05, 0.1) is 0 Å². The highest BCUT2D eigenvalue weighted by atomic mass is 16.2. The molecule has 0 saturated carbocycles. The monoisotopic (exact) mass is 304 g/mol. The van der Waals surface area contributed by atoms with Crippen molar-refractivity contribution < 1.29 is 4.79 Å². The van der Waals surface area contributed by atoms with Crippen LogP contribution in [0.25, 0.3) is 0 Å². The van der Waals surface area contributed by atoms with Gasteiger partial charge in [-0.15, -0.1) is 0 Å². The fourth-order valence-electron chi connectivity index (χ4n) is 2.65. The van der Waals surface area contributed by atoms with Gasteiger partial charge in [0.25, 0.3) is 0 Å². The van der Waals surface area contributed by atoms with Crippen LogP contribution in [-0.4, -0.2) is 69.2 Å². The zero-order valence-corrected chi connectivity index (χ0v) is 14.0. The summed E-state index contributed by atoms with van der Waals surface area (Å²) in [6, 6.07) is 8.55. The van der Waals surface area contributed by atoms with Gasteiger partial charge < -0.3 is 20.0 Å². The molecule has 2 amide bonds. The molecule has 1 aliphatic heterocycles. The molecule has 5 nitrogen and oxygen atoms in total. The third kappa shape index (κ3) is 4.63. The van der Waals surface area contributed by atoms with Crippen LogP contribution in [0.15, 0.2) is 24.3 Å². The van der Waals surface area contributed by atoms with Crippen molar-refractivity contribution in [1.29, 1.82) is 0 Å². The van der Waals surface area contributed by atoms with Gasteiger partial charge >= 0.3 is 6.03 Å². The molecule has 0 radical (unpaired) electrons. The van der Waals surface area contributed by atoms with Crippen molar-refractivity contribution in [1.82, 2.24) is 15.1 Å². The summed E-state index contributed by atoms with van der Waals surface area (Å²) in [6.07, 6.45) is 0.869. The molecule has 0 atom stereocenters. The van der Waals surface area contributed by atoms with Gasteiger partial charge in [-0.3, -0.25) is 0 Å². The third-order valence-corrected chi connectivity index (χ3v) is 4.25. The van der Waals surface area contributed by atoms with E-state index in [1.165, 1.54) is 11.3 Å². The Bertz CT molecular complexity index is 464. The number of piperazine rings is 1. The molecule has 1 aromatic rings. The lowest BCUT2D eigenvalue weighted by Crippen LogP contribution is -2.51. The lowest BCUT2D eigenvalue weighted by Gasteiger charge is -2.34. The number of hydrogen-bond donors (Lipinski definition) is 1. The normalized spacial score (nSPS) is 15.7. The van der Waals surface area contributed by atoms with Gasteiger partial charge in [-0.25, -0.2) is 4.79 Å². The fraction of sp³-hybridized carbons (Fsp3) is 0.588. The lowest BCUT2D eigenvalue weighted by molar-refractivity contribution is 0.143. The Labute approximate surface area is 133 Å². The number of anilines is 1. The summed E-state index contributed by atoms with van der Waals surface area (Å²) in [5.74, 6) is 0. The summed E-state index contributed by atoms with van der Waals surface area (Å²) in [6.45, 7) is 7.55. The van der Waals surface area contributed by atoms with E-state index in [1.807, 2.05) is 19.0 Å². The van der Waals surface area contributed by atoms with E-state index in [-0.39, 0.29) is 6.03 Å². The molecule has 0 aromatic heterocycles. The molecule has 1 heterocycles. The maximum atomic E-state index is 12.1. The highest BCUT2D eigenvalue weighted by Crippen LogP contribution is 2.12. The summed E-state index contributed by atoms with van der Waals surface area (Å²) < 4.78 is 0. The molecule has 0 unspecified atom stereocenters. The number of rotatable bonds is 5. The highest BCUT2D eigenvalue weighted by Gasteiger charge is 2.19. The average molecular weight is 304 g/mol. The second-order valence-corrected chi connectivity index (χ2v) is 5.96. The summed E-state index contributed by atoms with van der Waals surface area (Å²) in [5.41, 5.74) is 2.45. The van der Waals surface area contributed by atoms with Crippen LogP contribution in [0.1, 0.15) is 12.5 Å². The number of urea groups is 1. The molecule has 2 rings (SSSR count). The fourth-order valence-corrected chi connectivity index (χ4v) is 2.65. The number of nitrogens with zero attached hydrogens (tertiary/aromatic N) is 3. The predicted octanol–water partition coefficient (Wildman–Crippen LogP) is 1.64. The third-order valence-electron chi connectivity index (χ3n) is 4.25. The molecular weight excluding hydrogens is 276 g/mol. The predicted molar refractivity (Wildman–Crippen MR) is 91.6 cm³/mol. The van der Waals surface area contributed by atoms with E-state index in [1.54, 1.807) is 0 Å². The largest absolute Gasteiger partial charge is 0.378 e. The second kappa shape index (κ2) is 8.03. The number of hydrogen-bond acceptors (Lipinski definition) is 3. The molecule has 5 heteroatoms. The number of nitrogens with one attached hydrogen (secondary N) is 1. The van der Waals surface area contributed by atoms with Gasteiger partial charge in [0.15, 0.2) is 0 Å². The quantitative estimate of drug-likeness (QED) is 0.899. The van der Waals surface area contributed by atoms with E-state index in [0.717, 1.165) is 39.1 Å². The Morgan fingerprint density at radius 3 is 2.32 bits per heavy atom. The molecule has 0 aliphatic carbocycles. The van der Waals surface area contributed by atoms with Crippen LogP contribution >= 0.6 is 0 Å². The first-order valence-corrected chi connectivity index (χ1v) is 8.11. The van der Waals surface area contributed by atoms with Gasteiger partial charge in [0.1, 0.15) is 0 Å². The van der Waals surface area contributed by atoms with Crippen molar-refractivity contribution >= 4 is 11.7 Å². The van der Waals surface area contributed by atoms with Crippen LogP contribution < -0.4 is 10.2 Å². The van der Waals surface area contributed by atoms with Crippen LogP contribution in [0, 0.1) is 0 Å². The number of carbonyl (C=O) groups excluding carboxylic acids is 1. The summed E-state index contributed by atoms with van der Waals surface area (Å²) in [4.78, 5) is 18.5. The Kier molecular flexibility index (Phi) is 6.07. The lowest BCUT2D eigenvalue weighted by atomic mass is 10.1. The SMILES string of the molecule is CCN1CCN(C(=O)NCCc2ccc(N(C)C)cc2)CC1. The summed E-state index contributed by atoms with van der Waals surface area (Å²) in [7, 11) is 4.07. The smallest absolute Gasteiger partial charge is 0.317 e. The van der Waals surface area contributed by atoms with E-state index in [2.05, 4.69) is 46.3 Å². The van der Waals surface area contributed by atoms with Crippen molar-refractivity contribution in [2.45, 2.75) is 13.3 Å². The number of carbonyl (C=O) groups is 1. The van der Waals surface area contributed by atoms with Crippen molar-refractivity contribution in [3.63, 3.8) is 0 Å². The maximum Gasteiger partial charge on any atom is 0.317 e. The van der Waals surface area contributed by atoms with Crippen molar-refractivity contribution in [2.75, 3.05) is 58.3 Å². The molecule has 1 aromatic carbocycles. The van der Waals surface area contributed by atoms with Crippen molar-refractivity contribution in [2.24, 2.45) is 0 Å². The van der Waals surface area contributed by atoms with Crippen molar-refractivity contribution in [3.05, 3.63) is 29.8 Å². The number of benzene rings is 1. The van der Waals surface area contributed by atoms with Crippen molar-refractivity contribution in [3.8, 4) is 0 Å². The van der Waals surface area contributed by atoms with Crippen LogP contribution in [-0.2, 0) is 6.42 Å². The zero-order chi connectivity index (χ0) is 15.9. The summed E-state index contributed by atoms with van der Waals surface area (Å²) in [5, 5.41) is 3.03. The van der Waals surface area contributed by atoms with E-state index >= 15 is 0 Å². The van der Waals surface area contributed by atoms with Gasteiger partial charge in [0.2, 0.25) is 0 Å². The Hall–Kier alpha value is -1.75. The van der Waals surface area contributed by atoms with E-state index in [9.17, 15) is 4.79 Å². The molecule has 1 N–H and O–H groups in total. The van der Waals surface area contributed by atoms with Gasteiger partial charge in [-0.05, 0) is 30.7 Å². The first kappa shape index (κ1) is 16.6. The van der Waals surface area contributed by atoms with Crippen LogP contribution in [0.2, 0.25) is 0 Å². The molecule has 1 saturated heterocycles. The van der Waals surface area contributed by atoms with E-state index in [4.69, 9.17) is 0 Å². The average Bonchev–Trinajstić information content (AvgIpc) is 2.55. The molecule has 22 heavy (non-hydrogen) atoms. The highest BCUT2D eigenvalue weighted by molar-refractivity contribution is 5.74. The Morgan fingerprint density at radius 2 is 1.77 bits per heavy atom. The molecular formula is C17H28N4O. The molecule has 122 valence electrons. The molecule has 0 bridgehead atoms. The molecule has 0 spiro atoms. The topological polar surface area (TPSA) is 38.8 Å². The number of amides is 2. The molecule has 1 fully saturated rings. The minimum absolute atomic E-state index is 0.0701. The first-order chi connectivity index (χ1) is 10.6. The maximum absolute atomic E-state index is 12.1. The van der Waals surface area contributed by atoms with Crippen LogP contribution in [0.5, 0.6) is 0 Å². The zero-order valence-electron chi connectivity index (χ0n) is 14.0. The minimum Gasteiger partial charge on any atom is -0.378 e. The van der Waals surface area contributed by atoms with E-state index in [0.29, 0.717) is 6.54 Å². The van der Waals surface area contributed by atoms with Gasteiger partial charge in [-0.1, -0.05) is 19.1 Å². The summed E-state index contributed by atoms with van der Waals surface area (Å²) >= 11 is 0. The van der Waals surface area contributed by atoms with Gasteiger partial charge in [-0.2, -0.15) is 0 Å².